The lowest BCUT2D eigenvalue weighted by Gasteiger charge is -2.08. The van der Waals surface area contributed by atoms with Crippen molar-refractivity contribution in [2.24, 2.45) is 0 Å². The first-order chi connectivity index (χ1) is 11.6. The molecule has 5 heteroatoms. The first kappa shape index (κ1) is 15.7. The summed E-state index contributed by atoms with van der Waals surface area (Å²) >= 11 is 0. The van der Waals surface area contributed by atoms with Crippen LogP contribution in [-0.2, 0) is 0 Å². The maximum Gasteiger partial charge on any atom is 0.258 e. The highest BCUT2D eigenvalue weighted by Gasteiger charge is 2.12. The average molecular weight is 325 g/mol. The Morgan fingerprint density at radius 3 is 2.17 bits per heavy atom. The molecular weight excluding hydrogens is 312 g/mol. The zero-order valence-corrected chi connectivity index (χ0v) is 12.5. The molecule has 0 radical (unpaired) electrons. The minimum atomic E-state index is -0.906. The molecule has 0 fully saturated rings. The molecule has 0 saturated carbocycles. The van der Waals surface area contributed by atoms with Gasteiger partial charge in [0.15, 0.2) is 0 Å². The Kier molecular flexibility index (Phi) is 4.52. The first-order valence-corrected chi connectivity index (χ1v) is 7.21. The Hall–Kier alpha value is -3.21. The standard InChI is InChI=1S/C19H13F2NO2/c20-13-6-11-17(18(21)12-13)19(23)22-14-7-9-16(10-8-14)24-15-4-2-1-3-5-15/h1-12H,(H,22,23). The predicted molar refractivity (Wildman–Crippen MR) is 87.3 cm³/mol. The Morgan fingerprint density at radius 1 is 0.833 bits per heavy atom. The normalized spacial score (nSPS) is 10.2. The van der Waals surface area contributed by atoms with Crippen LogP contribution < -0.4 is 10.1 Å². The van der Waals surface area contributed by atoms with Gasteiger partial charge < -0.3 is 10.1 Å². The summed E-state index contributed by atoms with van der Waals surface area (Å²) in [5.74, 6) is -0.984. The molecular formula is C19H13F2NO2. The molecule has 0 aliphatic carbocycles. The summed E-state index contributed by atoms with van der Waals surface area (Å²) in [6.07, 6.45) is 0. The molecule has 3 rings (SSSR count). The smallest absolute Gasteiger partial charge is 0.258 e. The summed E-state index contributed by atoms with van der Waals surface area (Å²) in [6.45, 7) is 0. The van der Waals surface area contributed by atoms with Crippen molar-refractivity contribution < 1.29 is 18.3 Å². The fourth-order valence-corrected chi connectivity index (χ4v) is 2.10. The average Bonchev–Trinajstić information content (AvgIpc) is 2.57. The highest BCUT2D eigenvalue weighted by atomic mass is 19.1. The summed E-state index contributed by atoms with van der Waals surface area (Å²) in [4.78, 5) is 12.0. The molecule has 0 atom stereocenters. The number of carbonyl (C=O) groups excluding carboxylic acids is 1. The molecule has 1 amide bonds. The minimum absolute atomic E-state index is 0.221. The van der Waals surface area contributed by atoms with Gasteiger partial charge in [-0.15, -0.1) is 0 Å². The second kappa shape index (κ2) is 6.91. The van der Waals surface area contributed by atoms with Crippen molar-refractivity contribution in [2.75, 3.05) is 5.32 Å². The molecule has 3 nitrogen and oxygen atoms in total. The van der Waals surface area contributed by atoms with Crippen molar-refractivity contribution in [3.63, 3.8) is 0 Å². The number of carbonyl (C=O) groups is 1. The molecule has 1 N–H and O–H groups in total. The molecule has 0 aromatic heterocycles. The fraction of sp³-hybridized carbons (Fsp3) is 0. The summed E-state index contributed by atoms with van der Waals surface area (Å²) in [7, 11) is 0. The van der Waals surface area contributed by atoms with Crippen LogP contribution in [0.1, 0.15) is 10.4 Å². The number of benzene rings is 3. The van der Waals surface area contributed by atoms with E-state index in [9.17, 15) is 13.6 Å². The van der Waals surface area contributed by atoms with Gasteiger partial charge in [0.05, 0.1) is 5.56 Å². The zero-order chi connectivity index (χ0) is 16.9. The van der Waals surface area contributed by atoms with Crippen molar-refractivity contribution in [1.82, 2.24) is 0 Å². The number of para-hydroxylation sites is 1. The Labute approximate surface area is 137 Å². The van der Waals surface area contributed by atoms with E-state index in [1.807, 2.05) is 30.3 Å². The van der Waals surface area contributed by atoms with E-state index in [0.29, 0.717) is 23.3 Å². The maximum atomic E-state index is 13.6. The lowest BCUT2D eigenvalue weighted by Crippen LogP contribution is -2.13. The number of nitrogens with one attached hydrogen (secondary N) is 1. The van der Waals surface area contributed by atoms with Crippen LogP contribution in [0.2, 0.25) is 0 Å². The number of rotatable bonds is 4. The van der Waals surface area contributed by atoms with E-state index in [4.69, 9.17) is 4.74 Å². The Balaban J connectivity index is 1.68. The van der Waals surface area contributed by atoms with Gasteiger partial charge in [0.25, 0.3) is 5.91 Å². The number of ether oxygens (including phenoxy) is 1. The maximum absolute atomic E-state index is 13.6. The number of halogens is 2. The minimum Gasteiger partial charge on any atom is -0.457 e. The molecule has 0 heterocycles. The van der Waals surface area contributed by atoms with Crippen LogP contribution in [0.25, 0.3) is 0 Å². The zero-order valence-electron chi connectivity index (χ0n) is 12.5. The van der Waals surface area contributed by atoms with Crippen LogP contribution in [-0.4, -0.2) is 5.91 Å². The van der Waals surface area contributed by atoms with Gasteiger partial charge in [0.2, 0.25) is 0 Å². The van der Waals surface area contributed by atoms with E-state index in [1.54, 1.807) is 24.3 Å². The predicted octanol–water partition coefficient (Wildman–Crippen LogP) is 5.01. The molecule has 3 aromatic carbocycles. The fourth-order valence-electron chi connectivity index (χ4n) is 2.10. The van der Waals surface area contributed by atoms with E-state index in [-0.39, 0.29) is 5.56 Å². The third kappa shape index (κ3) is 3.76. The number of amides is 1. The third-order valence-electron chi connectivity index (χ3n) is 3.27. The van der Waals surface area contributed by atoms with Crippen LogP contribution in [0, 0.1) is 11.6 Å². The lowest BCUT2D eigenvalue weighted by molar-refractivity contribution is 0.102. The van der Waals surface area contributed by atoms with Gasteiger partial charge in [-0.25, -0.2) is 8.78 Å². The van der Waals surface area contributed by atoms with E-state index >= 15 is 0 Å². The molecule has 0 aliphatic heterocycles. The van der Waals surface area contributed by atoms with E-state index in [2.05, 4.69) is 5.32 Å². The van der Waals surface area contributed by atoms with Crippen LogP contribution in [0.15, 0.2) is 72.8 Å². The number of anilines is 1. The molecule has 120 valence electrons. The van der Waals surface area contributed by atoms with Crippen LogP contribution >= 0.6 is 0 Å². The van der Waals surface area contributed by atoms with Crippen molar-refractivity contribution in [2.45, 2.75) is 0 Å². The molecule has 0 spiro atoms. The third-order valence-corrected chi connectivity index (χ3v) is 3.27. The molecule has 0 saturated heterocycles. The Bertz CT molecular complexity index is 849. The molecule has 0 unspecified atom stereocenters. The van der Waals surface area contributed by atoms with E-state index in [1.165, 1.54) is 0 Å². The van der Waals surface area contributed by atoms with E-state index in [0.717, 1.165) is 12.1 Å². The summed E-state index contributed by atoms with van der Waals surface area (Å²) < 4.78 is 32.1. The van der Waals surface area contributed by atoms with Gasteiger partial charge in [0.1, 0.15) is 23.1 Å². The van der Waals surface area contributed by atoms with Crippen LogP contribution in [0.4, 0.5) is 14.5 Å². The summed E-state index contributed by atoms with van der Waals surface area (Å²) in [6, 6.07) is 18.7. The van der Waals surface area contributed by atoms with Gasteiger partial charge in [-0.2, -0.15) is 0 Å². The molecule has 24 heavy (non-hydrogen) atoms. The van der Waals surface area contributed by atoms with Gasteiger partial charge in [0, 0.05) is 11.8 Å². The van der Waals surface area contributed by atoms with Crippen molar-refractivity contribution in [3.8, 4) is 11.5 Å². The number of hydrogen-bond acceptors (Lipinski definition) is 2. The summed E-state index contributed by atoms with van der Waals surface area (Å²) in [5.41, 5.74) is 0.255. The van der Waals surface area contributed by atoms with Gasteiger partial charge in [-0.3, -0.25) is 4.79 Å². The highest BCUT2D eigenvalue weighted by Crippen LogP contribution is 2.23. The monoisotopic (exact) mass is 325 g/mol. The van der Waals surface area contributed by atoms with E-state index < -0.39 is 17.5 Å². The largest absolute Gasteiger partial charge is 0.457 e. The second-order valence-electron chi connectivity index (χ2n) is 5.02. The second-order valence-corrected chi connectivity index (χ2v) is 5.02. The topological polar surface area (TPSA) is 38.3 Å². The lowest BCUT2D eigenvalue weighted by atomic mass is 10.2. The molecule has 0 aliphatic rings. The van der Waals surface area contributed by atoms with Crippen LogP contribution in [0.3, 0.4) is 0 Å². The van der Waals surface area contributed by atoms with Crippen molar-refractivity contribution in [3.05, 3.63) is 90.0 Å². The van der Waals surface area contributed by atoms with Crippen molar-refractivity contribution >= 4 is 11.6 Å². The Morgan fingerprint density at radius 2 is 1.50 bits per heavy atom. The van der Waals surface area contributed by atoms with Gasteiger partial charge in [-0.1, -0.05) is 18.2 Å². The van der Waals surface area contributed by atoms with Gasteiger partial charge in [-0.05, 0) is 48.5 Å². The number of hydrogen-bond donors (Lipinski definition) is 1. The molecule has 0 bridgehead atoms. The first-order valence-electron chi connectivity index (χ1n) is 7.21. The summed E-state index contributed by atoms with van der Waals surface area (Å²) in [5, 5.41) is 2.55. The van der Waals surface area contributed by atoms with Gasteiger partial charge >= 0.3 is 0 Å². The quantitative estimate of drug-likeness (QED) is 0.732. The SMILES string of the molecule is O=C(Nc1ccc(Oc2ccccc2)cc1)c1ccc(F)cc1F. The van der Waals surface area contributed by atoms with Crippen LogP contribution in [0.5, 0.6) is 11.5 Å². The van der Waals surface area contributed by atoms with Crippen molar-refractivity contribution in [1.29, 1.82) is 0 Å². The molecule has 3 aromatic rings. The highest BCUT2D eigenvalue weighted by molar-refractivity contribution is 6.04.